The molecule has 0 spiro atoms. The molecule has 212 valence electrons. The van der Waals surface area contributed by atoms with E-state index in [4.69, 9.17) is 21.5 Å². The number of anilines is 2. The molecule has 10 nitrogen and oxygen atoms in total. The number of nitrogens with zero attached hydrogens (tertiary/aromatic N) is 1. The first-order valence-electron chi connectivity index (χ1n) is 11.9. The van der Waals surface area contributed by atoms with E-state index < -0.39 is 28.7 Å². The molecule has 0 aliphatic heterocycles. The number of alkyl halides is 3. The third kappa shape index (κ3) is 9.75. The van der Waals surface area contributed by atoms with Crippen molar-refractivity contribution in [2.75, 3.05) is 10.6 Å². The zero-order valence-corrected chi connectivity index (χ0v) is 21.6. The maximum Gasteiger partial charge on any atom is 0.417 e. The fraction of sp³-hybridized carbons (Fsp3) is 0.231. The highest BCUT2D eigenvalue weighted by Gasteiger charge is 2.33. The van der Waals surface area contributed by atoms with E-state index in [1.807, 2.05) is 0 Å². The predicted octanol–water partition coefficient (Wildman–Crippen LogP) is 5.87. The number of carbonyl (C=O) groups is 3. The van der Waals surface area contributed by atoms with Crippen molar-refractivity contribution in [1.29, 1.82) is 0 Å². The molecule has 0 unspecified atom stereocenters. The maximum atomic E-state index is 13.0. The molecule has 0 aliphatic carbocycles. The summed E-state index contributed by atoms with van der Waals surface area (Å²) >= 11 is 5.59. The molecule has 5 N–H and O–H groups in total. The SMILES string of the molecule is O=C(CCCCC(=O)NCc1cc(Oc2ccc(NC(=O)Nc3ccc(Cl)c(C(F)(F)F)c3)cc2)ccn1)NO. The van der Waals surface area contributed by atoms with Crippen LogP contribution in [-0.4, -0.2) is 28.0 Å². The lowest BCUT2D eigenvalue weighted by atomic mass is 10.2. The Morgan fingerprint density at radius 2 is 1.52 bits per heavy atom. The number of aromatic nitrogens is 1. The number of hydrogen-bond donors (Lipinski definition) is 5. The van der Waals surface area contributed by atoms with Crippen LogP contribution in [0.15, 0.2) is 60.8 Å². The van der Waals surface area contributed by atoms with Gasteiger partial charge in [-0.05, 0) is 61.4 Å². The molecule has 3 aromatic rings. The van der Waals surface area contributed by atoms with Gasteiger partial charge in [0.2, 0.25) is 11.8 Å². The number of carbonyl (C=O) groups excluding carboxylic acids is 3. The quantitative estimate of drug-likeness (QED) is 0.109. The molecule has 4 amide bonds. The van der Waals surface area contributed by atoms with E-state index in [9.17, 15) is 27.6 Å². The summed E-state index contributed by atoms with van der Waals surface area (Å²) in [6, 6.07) is 11.8. The van der Waals surface area contributed by atoms with Gasteiger partial charge in [0.1, 0.15) is 11.5 Å². The second kappa shape index (κ2) is 14.1. The zero-order chi connectivity index (χ0) is 29.1. The lowest BCUT2D eigenvalue weighted by Crippen LogP contribution is -2.23. The first-order valence-corrected chi connectivity index (χ1v) is 12.3. The molecular formula is C26H25ClF3N5O5. The highest BCUT2D eigenvalue weighted by Crippen LogP contribution is 2.36. The van der Waals surface area contributed by atoms with Crippen LogP contribution in [0.1, 0.15) is 36.9 Å². The third-order valence-electron chi connectivity index (χ3n) is 5.31. The minimum absolute atomic E-state index is 0.0778. The Kier molecular flexibility index (Phi) is 10.7. The molecule has 1 heterocycles. The normalized spacial score (nSPS) is 10.9. The van der Waals surface area contributed by atoms with Gasteiger partial charge in [-0.3, -0.25) is 19.8 Å². The second-order valence-electron chi connectivity index (χ2n) is 8.40. The van der Waals surface area contributed by atoms with Crippen LogP contribution >= 0.6 is 11.6 Å². The van der Waals surface area contributed by atoms with Gasteiger partial charge in [-0.25, -0.2) is 10.3 Å². The Morgan fingerprint density at radius 1 is 0.875 bits per heavy atom. The smallest absolute Gasteiger partial charge is 0.417 e. The van der Waals surface area contributed by atoms with Crippen molar-refractivity contribution in [3.63, 3.8) is 0 Å². The number of urea groups is 1. The van der Waals surface area contributed by atoms with Gasteiger partial charge in [0.05, 0.1) is 22.8 Å². The summed E-state index contributed by atoms with van der Waals surface area (Å²) < 4.78 is 44.9. The highest BCUT2D eigenvalue weighted by molar-refractivity contribution is 6.31. The average Bonchev–Trinajstić information content (AvgIpc) is 2.91. The summed E-state index contributed by atoms with van der Waals surface area (Å²) in [5, 5.41) is 15.6. The molecule has 0 saturated carbocycles. The van der Waals surface area contributed by atoms with E-state index in [0.717, 1.165) is 12.1 Å². The molecule has 0 aliphatic rings. The monoisotopic (exact) mass is 579 g/mol. The molecule has 3 rings (SSSR count). The summed E-state index contributed by atoms with van der Waals surface area (Å²) in [4.78, 5) is 39.4. The van der Waals surface area contributed by atoms with Crippen LogP contribution in [0.4, 0.5) is 29.3 Å². The molecule has 0 bridgehead atoms. The third-order valence-corrected chi connectivity index (χ3v) is 5.64. The van der Waals surface area contributed by atoms with Crippen LogP contribution < -0.4 is 26.2 Å². The first kappa shape index (κ1) is 30.2. The van der Waals surface area contributed by atoms with Crippen molar-refractivity contribution in [3.05, 3.63) is 77.1 Å². The number of ether oxygens (including phenoxy) is 1. The minimum Gasteiger partial charge on any atom is -0.457 e. The number of unbranched alkanes of at least 4 members (excludes halogenated alkanes) is 1. The van der Waals surface area contributed by atoms with Gasteiger partial charge in [0.25, 0.3) is 0 Å². The van der Waals surface area contributed by atoms with Crippen LogP contribution in [0.2, 0.25) is 5.02 Å². The Labute approximate surface area is 231 Å². The van der Waals surface area contributed by atoms with Crippen LogP contribution in [0.25, 0.3) is 0 Å². The van der Waals surface area contributed by atoms with Gasteiger partial charge < -0.3 is 20.7 Å². The van der Waals surface area contributed by atoms with Crippen molar-refractivity contribution in [1.82, 2.24) is 15.8 Å². The van der Waals surface area contributed by atoms with E-state index in [1.54, 1.807) is 36.4 Å². The van der Waals surface area contributed by atoms with Crippen molar-refractivity contribution >= 4 is 40.8 Å². The molecule has 0 saturated heterocycles. The second-order valence-corrected chi connectivity index (χ2v) is 8.81. The summed E-state index contributed by atoms with van der Waals surface area (Å²) in [6.45, 7) is 0.170. The maximum absolute atomic E-state index is 13.0. The minimum atomic E-state index is -4.66. The first-order chi connectivity index (χ1) is 19.0. The summed E-state index contributed by atoms with van der Waals surface area (Å²) in [6.07, 6.45) is -1.83. The number of hydrogen-bond acceptors (Lipinski definition) is 6. The number of rotatable bonds is 11. The number of amides is 4. The number of nitrogens with one attached hydrogen (secondary N) is 4. The topological polar surface area (TPSA) is 142 Å². The zero-order valence-electron chi connectivity index (χ0n) is 20.8. The Morgan fingerprint density at radius 3 is 2.20 bits per heavy atom. The number of halogens is 4. The molecule has 1 aromatic heterocycles. The molecule has 40 heavy (non-hydrogen) atoms. The van der Waals surface area contributed by atoms with E-state index >= 15 is 0 Å². The molecular weight excluding hydrogens is 555 g/mol. The van der Waals surface area contributed by atoms with E-state index in [2.05, 4.69) is 20.9 Å². The number of pyridine rings is 1. The summed E-state index contributed by atoms with van der Waals surface area (Å²) in [5.74, 6) is 0.182. The predicted molar refractivity (Wildman–Crippen MR) is 140 cm³/mol. The van der Waals surface area contributed by atoms with Gasteiger partial charge in [-0.15, -0.1) is 0 Å². The van der Waals surface area contributed by atoms with E-state index in [1.165, 1.54) is 17.7 Å². The fourth-order valence-corrected chi connectivity index (χ4v) is 3.60. The van der Waals surface area contributed by atoms with Gasteiger partial charge in [0, 0.05) is 36.5 Å². The largest absolute Gasteiger partial charge is 0.457 e. The molecule has 0 fully saturated rings. The van der Waals surface area contributed by atoms with Gasteiger partial charge >= 0.3 is 12.2 Å². The standard InChI is InChI=1S/C26H25ClF3N5O5/c27-22-10-7-17(14-21(22)26(28,29)30)34-25(38)33-16-5-8-19(9-6-16)40-20-11-12-31-18(13-20)15-32-23(36)3-1-2-4-24(37)35-39/h5-14,39H,1-4,15H2,(H,32,36)(H,35,37)(H2,33,34,38). The number of benzene rings is 2. The van der Waals surface area contributed by atoms with Crippen LogP contribution in [-0.2, 0) is 22.3 Å². The molecule has 0 radical (unpaired) electrons. The molecule has 2 aromatic carbocycles. The summed E-state index contributed by atoms with van der Waals surface area (Å²) in [5.41, 5.74) is 1.32. The van der Waals surface area contributed by atoms with Crippen LogP contribution in [0.5, 0.6) is 11.5 Å². The fourth-order valence-electron chi connectivity index (χ4n) is 3.38. The highest BCUT2D eigenvalue weighted by atomic mass is 35.5. The van der Waals surface area contributed by atoms with Gasteiger partial charge in [-0.1, -0.05) is 11.6 Å². The number of hydroxylamine groups is 1. The molecule has 0 atom stereocenters. The molecule has 14 heteroatoms. The van der Waals surface area contributed by atoms with Crippen molar-refractivity contribution < 1.29 is 37.5 Å². The van der Waals surface area contributed by atoms with Crippen LogP contribution in [0.3, 0.4) is 0 Å². The summed E-state index contributed by atoms with van der Waals surface area (Å²) in [7, 11) is 0. The average molecular weight is 580 g/mol. The Hall–Kier alpha value is -4.36. The van der Waals surface area contributed by atoms with Gasteiger partial charge in [-0.2, -0.15) is 13.2 Å². The van der Waals surface area contributed by atoms with Gasteiger partial charge in [0.15, 0.2) is 0 Å². The van der Waals surface area contributed by atoms with E-state index in [-0.39, 0.29) is 31.0 Å². The lowest BCUT2D eigenvalue weighted by molar-refractivity contribution is -0.137. The Balaban J connectivity index is 1.48. The lowest BCUT2D eigenvalue weighted by Gasteiger charge is -2.13. The van der Waals surface area contributed by atoms with Crippen molar-refractivity contribution in [3.8, 4) is 11.5 Å². The van der Waals surface area contributed by atoms with E-state index in [0.29, 0.717) is 35.7 Å². The van der Waals surface area contributed by atoms with Crippen molar-refractivity contribution in [2.45, 2.75) is 38.4 Å². The van der Waals surface area contributed by atoms with Crippen LogP contribution in [0, 0.1) is 0 Å². The van der Waals surface area contributed by atoms with Crippen molar-refractivity contribution in [2.24, 2.45) is 0 Å². The Bertz CT molecular complexity index is 1340.